The standard InChI is InChI=1S/C10H8N2O/c1-7-11-5-9-3-2-8(6-13)4-10(9)12-7/h2-6H,1H3. The molecule has 2 rings (SSSR count). The van der Waals surface area contributed by atoms with Crippen molar-refractivity contribution in [2.45, 2.75) is 6.92 Å². The Morgan fingerprint density at radius 3 is 3.00 bits per heavy atom. The largest absolute Gasteiger partial charge is 0.298 e. The molecule has 1 heterocycles. The summed E-state index contributed by atoms with van der Waals surface area (Å²) in [7, 11) is 0. The van der Waals surface area contributed by atoms with Gasteiger partial charge in [-0.1, -0.05) is 12.1 Å². The SMILES string of the molecule is Cc1ncc2ccc(C=O)cc2n1. The highest BCUT2D eigenvalue weighted by Crippen LogP contribution is 2.11. The molecular weight excluding hydrogens is 164 g/mol. The minimum atomic E-state index is 0.644. The molecule has 0 N–H and O–H groups in total. The maximum Gasteiger partial charge on any atom is 0.150 e. The Morgan fingerprint density at radius 1 is 1.38 bits per heavy atom. The molecule has 0 bridgehead atoms. The van der Waals surface area contributed by atoms with E-state index in [1.54, 1.807) is 18.3 Å². The third kappa shape index (κ3) is 1.40. The van der Waals surface area contributed by atoms with Crippen LogP contribution in [0.25, 0.3) is 10.9 Å². The number of aldehydes is 1. The van der Waals surface area contributed by atoms with Crippen LogP contribution in [0, 0.1) is 6.92 Å². The lowest BCUT2D eigenvalue weighted by molar-refractivity contribution is 0.112. The number of aryl methyl sites for hydroxylation is 1. The first-order chi connectivity index (χ1) is 6.29. The molecule has 2 aromatic rings. The molecule has 0 spiro atoms. The first-order valence-electron chi connectivity index (χ1n) is 3.98. The number of carbonyl (C=O) groups is 1. The second-order valence-corrected chi connectivity index (χ2v) is 2.85. The molecule has 0 aliphatic carbocycles. The molecule has 0 saturated heterocycles. The lowest BCUT2D eigenvalue weighted by atomic mass is 10.2. The van der Waals surface area contributed by atoms with E-state index in [0.29, 0.717) is 5.56 Å². The lowest BCUT2D eigenvalue weighted by Crippen LogP contribution is -1.89. The highest BCUT2D eigenvalue weighted by molar-refractivity contribution is 5.85. The summed E-state index contributed by atoms with van der Waals surface area (Å²) in [5, 5.41) is 0.955. The predicted molar refractivity (Wildman–Crippen MR) is 49.7 cm³/mol. The Labute approximate surface area is 75.4 Å². The van der Waals surface area contributed by atoms with Crippen LogP contribution >= 0.6 is 0 Å². The van der Waals surface area contributed by atoms with Crippen molar-refractivity contribution in [2.24, 2.45) is 0 Å². The van der Waals surface area contributed by atoms with Crippen molar-refractivity contribution in [3.05, 3.63) is 35.8 Å². The predicted octanol–water partition coefficient (Wildman–Crippen LogP) is 1.75. The first-order valence-corrected chi connectivity index (χ1v) is 3.98. The molecular formula is C10H8N2O. The summed E-state index contributed by atoms with van der Waals surface area (Å²) in [5.41, 5.74) is 1.46. The van der Waals surface area contributed by atoms with Gasteiger partial charge in [-0.15, -0.1) is 0 Å². The molecule has 3 heteroatoms. The highest BCUT2D eigenvalue weighted by Gasteiger charge is 1.97. The summed E-state index contributed by atoms with van der Waals surface area (Å²) < 4.78 is 0. The molecule has 0 amide bonds. The Kier molecular flexibility index (Phi) is 1.77. The second-order valence-electron chi connectivity index (χ2n) is 2.85. The van der Waals surface area contributed by atoms with E-state index in [9.17, 15) is 4.79 Å². The molecule has 1 aromatic carbocycles. The van der Waals surface area contributed by atoms with E-state index in [1.807, 2.05) is 13.0 Å². The molecule has 0 saturated carbocycles. The van der Waals surface area contributed by atoms with Gasteiger partial charge in [0.05, 0.1) is 5.52 Å². The van der Waals surface area contributed by atoms with Crippen molar-refractivity contribution >= 4 is 17.2 Å². The van der Waals surface area contributed by atoms with Crippen LogP contribution in [0.15, 0.2) is 24.4 Å². The summed E-state index contributed by atoms with van der Waals surface area (Å²) in [6.45, 7) is 1.83. The average Bonchev–Trinajstić information content (AvgIpc) is 2.16. The monoisotopic (exact) mass is 172 g/mol. The maximum absolute atomic E-state index is 10.5. The third-order valence-corrected chi connectivity index (χ3v) is 1.86. The summed E-state index contributed by atoms with van der Waals surface area (Å²) >= 11 is 0. The van der Waals surface area contributed by atoms with Crippen LogP contribution in [0.5, 0.6) is 0 Å². The number of fused-ring (bicyclic) bond motifs is 1. The number of benzene rings is 1. The van der Waals surface area contributed by atoms with Crippen LogP contribution in [-0.2, 0) is 0 Å². The van der Waals surface area contributed by atoms with Gasteiger partial charge in [-0.25, -0.2) is 9.97 Å². The lowest BCUT2D eigenvalue weighted by Gasteiger charge is -1.97. The Morgan fingerprint density at radius 2 is 2.23 bits per heavy atom. The highest BCUT2D eigenvalue weighted by atomic mass is 16.1. The molecule has 3 nitrogen and oxygen atoms in total. The van der Waals surface area contributed by atoms with Gasteiger partial charge in [0.25, 0.3) is 0 Å². The van der Waals surface area contributed by atoms with Gasteiger partial charge < -0.3 is 0 Å². The van der Waals surface area contributed by atoms with Gasteiger partial charge in [-0.3, -0.25) is 4.79 Å². The van der Waals surface area contributed by atoms with Crippen molar-refractivity contribution in [2.75, 3.05) is 0 Å². The zero-order chi connectivity index (χ0) is 9.26. The van der Waals surface area contributed by atoms with Crippen LogP contribution in [0.2, 0.25) is 0 Å². The number of hydrogen-bond donors (Lipinski definition) is 0. The summed E-state index contributed by atoms with van der Waals surface area (Å²) in [4.78, 5) is 18.8. The normalized spacial score (nSPS) is 10.2. The van der Waals surface area contributed by atoms with Gasteiger partial charge in [-0.2, -0.15) is 0 Å². The quantitative estimate of drug-likeness (QED) is 0.615. The van der Waals surface area contributed by atoms with E-state index in [1.165, 1.54) is 0 Å². The van der Waals surface area contributed by atoms with Gasteiger partial charge in [0.2, 0.25) is 0 Å². The maximum atomic E-state index is 10.5. The van der Waals surface area contributed by atoms with Gasteiger partial charge >= 0.3 is 0 Å². The molecule has 0 aliphatic rings. The molecule has 0 atom stereocenters. The molecule has 0 unspecified atom stereocenters. The van der Waals surface area contributed by atoms with E-state index < -0.39 is 0 Å². The molecule has 1 aromatic heterocycles. The van der Waals surface area contributed by atoms with E-state index in [4.69, 9.17) is 0 Å². The molecule has 64 valence electrons. The summed E-state index contributed by atoms with van der Waals surface area (Å²) in [6, 6.07) is 5.36. The number of hydrogen-bond acceptors (Lipinski definition) is 3. The molecule has 13 heavy (non-hydrogen) atoms. The van der Waals surface area contributed by atoms with Gasteiger partial charge in [0.15, 0.2) is 0 Å². The van der Waals surface area contributed by atoms with Crippen LogP contribution in [0.3, 0.4) is 0 Å². The van der Waals surface area contributed by atoms with E-state index in [0.717, 1.165) is 23.0 Å². The molecule has 0 aliphatic heterocycles. The Balaban J connectivity index is 2.74. The number of nitrogens with zero attached hydrogens (tertiary/aromatic N) is 2. The topological polar surface area (TPSA) is 42.9 Å². The van der Waals surface area contributed by atoms with E-state index in [-0.39, 0.29) is 0 Å². The van der Waals surface area contributed by atoms with E-state index in [2.05, 4.69) is 9.97 Å². The van der Waals surface area contributed by atoms with Gasteiger partial charge in [0.1, 0.15) is 12.1 Å². The Hall–Kier alpha value is -1.77. The number of rotatable bonds is 1. The Bertz CT molecular complexity index is 465. The van der Waals surface area contributed by atoms with Crippen molar-refractivity contribution in [1.29, 1.82) is 0 Å². The minimum absolute atomic E-state index is 0.644. The zero-order valence-electron chi connectivity index (χ0n) is 7.19. The van der Waals surface area contributed by atoms with E-state index >= 15 is 0 Å². The van der Waals surface area contributed by atoms with Crippen molar-refractivity contribution < 1.29 is 4.79 Å². The fourth-order valence-corrected chi connectivity index (χ4v) is 1.21. The molecule has 0 radical (unpaired) electrons. The fourth-order valence-electron chi connectivity index (χ4n) is 1.21. The van der Waals surface area contributed by atoms with Gasteiger partial charge in [-0.05, 0) is 13.0 Å². The molecule has 0 fully saturated rings. The first kappa shape index (κ1) is 7.86. The summed E-state index contributed by atoms with van der Waals surface area (Å²) in [6.07, 6.45) is 2.57. The minimum Gasteiger partial charge on any atom is -0.298 e. The number of aromatic nitrogens is 2. The smallest absolute Gasteiger partial charge is 0.150 e. The summed E-state index contributed by atoms with van der Waals surface area (Å²) in [5.74, 6) is 0.718. The van der Waals surface area contributed by atoms with Crippen molar-refractivity contribution in [3.8, 4) is 0 Å². The second kappa shape index (κ2) is 2.94. The number of carbonyl (C=O) groups excluding carboxylic acids is 1. The third-order valence-electron chi connectivity index (χ3n) is 1.86. The van der Waals surface area contributed by atoms with Crippen LogP contribution < -0.4 is 0 Å². The van der Waals surface area contributed by atoms with Gasteiger partial charge in [0, 0.05) is 17.1 Å². The average molecular weight is 172 g/mol. The fraction of sp³-hybridized carbons (Fsp3) is 0.100. The zero-order valence-corrected chi connectivity index (χ0v) is 7.19. The van der Waals surface area contributed by atoms with Crippen molar-refractivity contribution in [1.82, 2.24) is 9.97 Å². The van der Waals surface area contributed by atoms with Crippen LogP contribution in [0.4, 0.5) is 0 Å². The van der Waals surface area contributed by atoms with Crippen LogP contribution in [-0.4, -0.2) is 16.3 Å². The van der Waals surface area contributed by atoms with Crippen molar-refractivity contribution in [3.63, 3.8) is 0 Å². The van der Waals surface area contributed by atoms with Crippen LogP contribution in [0.1, 0.15) is 16.2 Å².